The first-order valence-corrected chi connectivity index (χ1v) is 9.42. The molecule has 2 aromatic carbocycles. The third-order valence-corrected chi connectivity index (χ3v) is 4.96. The molecule has 148 valence electrons. The van der Waals surface area contributed by atoms with Crippen LogP contribution in [0.25, 0.3) is 21.8 Å². The first kappa shape index (κ1) is 18.6. The fraction of sp³-hybridized carbons (Fsp3) is 0.182. The van der Waals surface area contributed by atoms with Gasteiger partial charge >= 0.3 is 6.03 Å². The summed E-state index contributed by atoms with van der Waals surface area (Å²) >= 11 is 0. The number of likely N-dealkylation sites (N-methyl/N-ethyl adjacent to an activating group) is 1. The molecule has 0 unspecified atom stereocenters. The second-order valence-electron chi connectivity index (χ2n) is 7.06. The van der Waals surface area contributed by atoms with Crippen molar-refractivity contribution in [1.82, 2.24) is 19.8 Å². The highest BCUT2D eigenvalue weighted by molar-refractivity contribution is 5.93. The van der Waals surface area contributed by atoms with Gasteiger partial charge < -0.3 is 25.1 Å². The van der Waals surface area contributed by atoms with E-state index in [0.717, 1.165) is 27.5 Å². The third kappa shape index (κ3) is 3.94. The number of aromatic amines is 1. The summed E-state index contributed by atoms with van der Waals surface area (Å²) in [6, 6.07) is 17.5. The Balaban J connectivity index is 1.47. The Kier molecular flexibility index (Phi) is 4.95. The van der Waals surface area contributed by atoms with E-state index in [0.29, 0.717) is 12.2 Å². The van der Waals surface area contributed by atoms with Gasteiger partial charge in [0.1, 0.15) is 6.54 Å². The van der Waals surface area contributed by atoms with Gasteiger partial charge in [-0.2, -0.15) is 0 Å². The van der Waals surface area contributed by atoms with Crippen LogP contribution >= 0.6 is 0 Å². The van der Waals surface area contributed by atoms with E-state index in [9.17, 15) is 9.59 Å². The fourth-order valence-electron chi connectivity index (χ4n) is 3.40. The lowest BCUT2D eigenvalue weighted by atomic mass is 10.2. The monoisotopic (exact) mass is 389 g/mol. The minimum atomic E-state index is -0.201. The van der Waals surface area contributed by atoms with Crippen LogP contribution in [0.4, 0.5) is 10.5 Å². The molecule has 0 aliphatic heterocycles. The number of hydrogen-bond acceptors (Lipinski definition) is 2. The summed E-state index contributed by atoms with van der Waals surface area (Å²) in [5, 5.41) is 7.69. The van der Waals surface area contributed by atoms with Crippen molar-refractivity contribution in [2.45, 2.75) is 13.1 Å². The fourth-order valence-corrected chi connectivity index (χ4v) is 3.40. The van der Waals surface area contributed by atoms with Crippen molar-refractivity contribution in [3.63, 3.8) is 0 Å². The molecule has 0 saturated heterocycles. The van der Waals surface area contributed by atoms with Crippen LogP contribution in [0.1, 0.15) is 5.69 Å². The highest BCUT2D eigenvalue weighted by atomic mass is 16.2. The molecule has 29 heavy (non-hydrogen) atoms. The minimum absolute atomic E-state index is 0.0741. The lowest BCUT2D eigenvalue weighted by Crippen LogP contribution is -2.30. The Bertz CT molecular complexity index is 1160. The molecule has 3 amide bonds. The van der Waals surface area contributed by atoms with E-state index in [1.165, 1.54) is 0 Å². The second kappa shape index (κ2) is 7.71. The van der Waals surface area contributed by atoms with Crippen molar-refractivity contribution in [3.05, 3.63) is 66.5 Å². The number of para-hydroxylation sites is 1. The molecule has 0 bridgehead atoms. The molecule has 0 radical (unpaired) electrons. The predicted molar refractivity (Wildman–Crippen MR) is 115 cm³/mol. The van der Waals surface area contributed by atoms with E-state index < -0.39 is 0 Å². The topological polar surface area (TPSA) is 82.2 Å². The number of anilines is 1. The summed E-state index contributed by atoms with van der Waals surface area (Å²) in [5.41, 5.74) is 3.60. The molecule has 7 nitrogen and oxygen atoms in total. The zero-order valence-electron chi connectivity index (χ0n) is 16.4. The maximum atomic E-state index is 12.6. The lowest BCUT2D eigenvalue weighted by molar-refractivity contribution is -0.121. The summed E-state index contributed by atoms with van der Waals surface area (Å²) in [7, 11) is 3.37. The zero-order chi connectivity index (χ0) is 20.4. The van der Waals surface area contributed by atoms with Crippen molar-refractivity contribution in [3.8, 4) is 0 Å². The average Bonchev–Trinajstić information content (AvgIpc) is 3.31. The standard InChI is InChI=1S/C22H23N5O2/c1-23-21(28)14-27-10-9-15-7-8-17(12-20(15)27)25-22(29)26(2)13-18-11-16-5-3-4-6-19(16)24-18/h3-12,24H,13-14H2,1-2H3,(H,23,28)(H,25,29). The summed E-state index contributed by atoms with van der Waals surface area (Å²) < 4.78 is 1.86. The van der Waals surface area contributed by atoms with Crippen LogP contribution in [0.5, 0.6) is 0 Å². The Morgan fingerprint density at radius 2 is 1.90 bits per heavy atom. The maximum Gasteiger partial charge on any atom is 0.321 e. The van der Waals surface area contributed by atoms with Gasteiger partial charge in [-0.25, -0.2) is 4.79 Å². The first-order chi connectivity index (χ1) is 14.0. The number of urea groups is 1. The molecule has 2 heterocycles. The Labute approximate surface area is 168 Å². The molecule has 0 aliphatic rings. The normalized spacial score (nSPS) is 11.0. The van der Waals surface area contributed by atoms with Gasteiger partial charge in [0.25, 0.3) is 0 Å². The molecule has 0 aliphatic carbocycles. The van der Waals surface area contributed by atoms with Gasteiger partial charge in [0.15, 0.2) is 0 Å². The lowest BCUT2D eigenvalue weighted by Gasteiger charge is -2.17. The number of H-pyrrole nitrogens is 1. The average molecular weight is 389 g/mol. The molecule has 2 aromatic heterocycles. The summed E-state index contributed by atoms with van der Waals surface area (Å²) in [4.78, 5) is 29.3. The van der Waals surface area contributed by atoms with Gasteiger partial charge in [-0.15, -0.1) is 0 Å². The van der Waals surface area contributed by atoms with Crippen LogP contribution in [-0.4, -0.2) is 40.5 Å². The largest absolute Gasteiger partial charge is 0.358 e. The van der Waals surface area contributed by atoms with Crippen LogP contribution < -0.4 is 10.6 Å². The number of fused-ring (bicyclic) bond motifs is 2. The third-order valence-electron chi connectivity index (χ3n) is 4.96. The summed E-state index contributed by atoms with van der Waals surface area (Å²) in [6.07, 6.45) is 1.87. The number of nitrogens with one attached hydrogen (secondary N) is 3. The van der Waals surface area contributed by atoms with Crippen molar-refractivity contribution in [1.29, 1.82) is 0 Å². The van der Waals surface area contributed by atoms with Crippen molar-refractivity contribution < 1.29 is 9.59 Å². The minimum Gasteiger partial charge on any atom is -0.358 e. The number of benzene rings is 2. The Morgan fingerprint density at radius 1 is 1.07 bits per heavy atom. The van der Waals surface area contributed by atoms with Gasteiger partial charge in [0.2, 0.25) is 5.91 Å². The molecule has 0 fully saturated rings. The van der Waals surface area contributed by atoms with E-state index in [2.05, 4.69) is 21.7 Å². The quantitative estimate of drug-likeness (QED) is 0.488. The van der Waals surface area contributed by atoms with E-state index in [-0.39, 0.29) is 18.5 Å². The van der Waals surface area contributed by atoms with Crippen molar-refractivity contribution in [2.24, 2.45) is 0 Å². The molecule has 4 rings (SSSR count). The smallest absolute Gasteiger partial charge is 0.321 e. The van der Waals surface area contributed by atoms with Gasteiger partial charge in [-0.05, 0) is 41.1 Å². The highest BCUT2D eigenvalue weighted by Gasteiger charge is 2.12. The molecule has 0 atom stereocenters. The van der Waals surface area contributed by atoms with Crippen LogP contribution in [0.3, 0.4) is 0 Å². The van der Waals surface area contributed by atoms with Gasteiger partial charge in [-0.3, -0.25) is 4.79 Å². The number of nitrogens with zero attached hydrogens (tertiary/aromatic N) is 2. The van der Waals surface area contributed by atoms with Crippen LogP contribution in [0.2, 0.25) is 0 Å². The molecular formula is C22H23N5O2. The van der Waals surface area contributed by atoms with Crippen LogP contribution in [0.15, 0.2) is 60.8 Å². The van der Waals surface area contributed by atoms with Gasteiger partial charge in [-0.1, -0.05) is 24.3 Å². The number of aromatic nitrogens is 2. The van der Waals surface area contributed by atoms with Crippen LogP contribution in [0, 0.1) is 0 Å². The number of carbonyl (C=O) groups excluding carboxylic acids is 2. The Morgan fingerprint density at radius 3 is 2.69 bits per heavy atom. The Hall–Kier alpha value is -3.74. The zero-order valence-corrected chi connectivity index (χ0v) is 16.4. The van der Waals surface area contributed by atoms with E-state index in [1.54, 1.807) is 19.0 Å². The molecule has 0 spiro atoms. The van der Waals surface area contributed by atoms with Gasteiger partial charge in [0, 0.05) is 37.2 Å². The van der Waals surface area contributed by atoms with E-state index in [4.69, 9.17) is 0 Å². The van der Waals surface area contributed by atoms with Crippen molar-refractivity contribution >= 4 is 39.4 Å². The summed E-state index contributed by atoms with van der Waals surface area (Å²) in [5.74, 6) is -0.0741. The van der Waals surface area contributed by atoms with Crippen LogP contribution in [-0.2, 0) is 17.9 Å². The molecular weight excluding hydrogens is 366 g/mol. The van der Waals surface area contributed by atoms with Crippen molar-refractivity contribution in [2.75, 3.05) is 19.4 Å². The maximum absolute atomic E-state index is 12.6. The molecule has 3 N–H and O–H groups in total. The number of rotatable bonds is 5. The molecule has 4 aromatic rings. The second-order valence-corrected chi connectivity index (χ2v) is 7.06. The molecule has 7 heteroatoms. The predicted octanol–water partition coefficient (Wildman–Crippen LogP) is 3.53. The SMILES string of the molecule is CNC(=O)Cn1ccc2ccc(NC(=O)N(C)Cc3cc4ccccc4[nH]3)cc21. The number of carbonyl (C=O) groups is 2. The van der Waals surface area contributed by atoms with E-state index in [1.807, 2.05) is 59.3 Å². The summed E-state index contributed by atoms with van der Waals surface area (Å²) in [6.45, 7) is 0.702. The van der Waals surface area contributed by atoms with E-state index >= 15 is 0 Å². The highest BCUT2D eigenvalue weighted by Crippen LogP contribution is 2.21. The molecule has 0 saturated carbocycles. The number of hydrogen-bond donors (Lipinski definition) is 3. The van der Waals surface area contributed by atoms with Gasteiger partial charge in [0.05, 0.1) is 12.1 Å². The first-order valence-electron chi connectivity index (χ1n) is 9.42. The number of amides is 3.